The molecule has 67 heavy (non-hydrogen) atoms. The number of rotatable bonds is 28. The lowest BCUT2D eigenvalue weighted by molar-refractivity contribution is -0.157. The van der Waals surface area contributed by atoms with Gasteiger partial charge in [0, 0.05) is 6.42 Å². The predicted molar refractivity (Wildman–Crippen MR) is 283 cm³/mol. The summed E-state index contributed by atoms with van der Waals surface area (Å²) in [6, 6.07) is 41.8. The van der Waals surface area contributed by atoms with Crippen molar-refractivity contribution in [1.82, 2.24) is 0 Å². The minimum atomic E-state index is -3.91. The molecule has 0 N–H and O–H groups in total. The molecule has 0 amide bonds. The van der Waals surface area contributed by atoms with Gasteiger partial charge < -0.3 is 13.6 Å². The van der Waals surface area contributed by atoms with E-state index in [-0.39, 0.29) is 29.7 Å². The van der Waals surface area contributed by atoms with E-state index in [4.69, 9.17) is 17.8 Å². The molecule has 2 atom stereocenters. The van der Waals surface area contributed by atoms with Crippen molar-refractivity contribution in [2.75, 3.05) is 19.5 Å². The number of carbonyl (C=O) groups is 1. The van der Waals surface area contributed by atoms with Crippen molar-refractivity contribution in [3.05, 3.63) is 133 Å². The van der Waals surface area contributed by atoms with E-state index in [9.17, 15) is 13.2 Å². The maximum absolute atomic E-state index is 14.6. The Morgan fingerprint density at radius 2 is 0.955 bits per heavy atom. The van der Waals surface area contributed by atoms with Crippen LogP contribution in [0.15, 0.2) is 133 Å². The monoisotopic (exact) mass is 967 g/mol. The van der Waals surface area contributed by atoms with Gasteiger partial charge in [0.2, 0.25) is 0 Å². The topological polar surface area (TPSA) is 88.1 Å². The first-order valence-electron chi connectivity index (χ1n) is 25.2. The lowest BCUT2D eigenvalue weighted by atomic mass is 9.89. The molecular weight excluding hydrogens is 885 g/mol. The van der Waals surface area contributed by atoms with E-state index in [1.165, 1.54) is 38.5 Å². The maximum atomic E-state index is 14.6. The van der Waals surface area contributed by atoms with Gasteiger partial charge in [-0.25, -0.2) is 0 Å². The molecule has 366 valence electrons. The molecule has 0 aromatic heterocycles. The second kappa shape index (κ2) is 25.3. The number of hydrogen-bond donors (Lipinski definition) is 0. The van der Waals surface area contributed by atoms with Crippen LogP contribution in [-0.4, -0.2) is 62.2 Å². The first kappa shape index (κ1) is 54.3. The second-order valence-corrected chi connectivity index (χ2v) is 31.2. The Morgan fingerprint density at radius 1 is 0.597 bits per heavy atom. The molecule has 1 aliphatic rings. The summed E-state index contributed by atoms with van der Waals surface area (Å²) in [4.78, 5) is 14.6. The van der Waals surface area contributed by atoms with Crippen molar-refractivity contribution in [3.63, 3.8) is 0 Å². The average molecular weight is 968 g/mol. The quantitative estimate of drug-likeness (QED) is 0.0184. The third-order valence-electron chi connectivity index (χ3n) is 13.6. The molecule has 0 saturated carbocycles. The van der Waals surface area contributed by atoms with Crippen LogP contribution in [0.25, 0.3) is 0 Å². The molecular formula is C57H82O7SSi2. The third-order valence-corrected chi connectivity index (χ3v) is 24.2. The van der Waals surface area contributed by atoms with Crippen LogP contribution in [0.4, 0.5) is 0 Å². The summed E-state index contributed by atoms with van der Waals surface area (Å²) in [5.74, 6) is -1.31. The minimum Gasteiger partial charge on any atom is -0.454 e. The molecule has 1 saturated heterocycles. The number of hydrogen-bond acceptors (Lipinski definition) is 7. The average Bonchev–Trinajstić information content (AvgIpc) is 3.63. The van der Waals surface area contributed by atoms with E-state index in [0.29, 0.717) is 6.42 Å². The molecule has 0 radical (unpaired) electrons. The highest BCUT2D eigenvalue weighted by Gasteiger charge is 2.58. The summed E-state index contributed by atoms with van der Waals surface area (Å²) in [6.07, 6.45) is 20.6. The van der Waals surface area contributed by atoms with E-state index in [0.717, 1.165) is 71.9 Å². The number of benzene rings is 4. The molecule has 1 aliphatic heterocycles. The van der Waals surface area contributed by atoms with E-state index in [1.807, 2.05) is 24.3 Å². The minimum absolute atomic E-state index is 0.0553. The van der Waals surface area contributed by atoms with Gasteiger partial charge in [0.15, 0.2) is 5.60 Å². The Balaban J connectivity index is 1.44. The predicted octanol–water partition coefficient (Wildman–Crippen LogP) is 11.8. The summed E-state index contributed by atoms with van der Waals surface area (Å²) < 4.78 is 53.8. The molecule has 1 fully saturated rings. The van der Waals surface area contributed by atoms with Crippen molar-refractivity contribution >= 4 is 53.5 Å². The van der Waals surface area contributed by atoms with Crippen LogP contribution < -0.4 is 20.7 Å². The van der Waals surface area contributed by atoms with Crippen LogP contribution in [-0.2, 0) is 32.7 Å². The Labute approximate surface area is 407 Å². The van der Waals surface area contributed by atoms with E-state index in [1.54, 1.807) is 0 Å². The van der Waals surface area contributed by atoms with Crippen molar-refractivity contribution in [1.29, 1.82) is 0 Å². The number of ether oxygens (including phenoxy) is 1. The third kappa shape index (κ3) is 14.7. The molecule has 4 aromatic carbocycles. The highest BCUT2D eigenvalue weighted by Crippen LogP contribution is 2.44. The second-order valence-electron chi connectivity index (χ2n) is 21.0. The zero-order valence-corrected chi connectivity index (χ0v) is 45.0. The van der Waals surface area contributed by atoms with Gasteiger partial charge in [-0.2, -0.15) is 8.42 Å². The van der Waals surface area contributed by atoms with Crippen LogP contribution in [0.5, 0.6) is 0 Å². The molecule has 10 heteroatoms. The zero-order valence-electron chi connectivity index (χ0n) is 42.1. The van der Waals surface area contributed by atoms with Crippen LogP contribution in [0, 0.1) is 5.92 Å². The highest BCUT2D eigenvalue weighted by molar-refractivity contribution is 7.86. The number of carbonyl (C=O) groups excluding carboxylic acids is 1. The fourth-order valence-electron chi connectivity index (χ4n) is 10.3. The smallest absolute Gasteiger partial charge is 0.312 e. The Kier molecular flexibility index (Phi) is 20.5. The number of unbranched alkanes of at least 4 members (excludes halogenated alkanes) is 11. The summed E-state index contributed by atoms with van der Waals surface area (Å²) in [6.45, 7) is 15.8. The van der Waals surface area contributed by atoms with E-state index in [2.05, 4.69) is 158 Å². The molecule has 7 nitrogen and oxygen atoms in total. The lowest BCUT2D eigenvalue weighted by Crippen LogP contribution is -2.69. The number of esters is 1. The number of cyclic esters (lactones) is 1. The number of allylic oxidation sites excluding steroid dienone is 2. The van der Waals surface area contributed by atoms with Crippen molar-refractivity contribution in [2.45, 2.75) is 167 Å². The Morgan fingerprint density at radius 3 is 1.31 bits per heavy atom. The standard InChI is InChI=1S/C57H82O7SSi2/c1-9-10-11-12-13-14-15-16-17-18-19-20-21-22-35-44-53(64-65(8,59)60)52-45-57(63-54(52)58,46-61-66(55(2,3)4,48-36-27-23-28-37-48)49-38-29-24-30-39-49)47-62-67(56(5,6)7,50-40-31-25-32-41-50)51-42-33-26-34-43-51/h16-17,23-34,36-43,52-53H,9-15,18-22,35,44-47H2,1-8H3/b17-16-. The van der Waals surface area contributed by atoms with Crippen molar-refractivity contribution in [2.24, 2.45) is 5.92 Å². The molecule has 0 spiro atoms. The molecule has 0 bridgehead atoms. The van der Waals surface area contributed by atoms with Crippen LogP contribution in [0.3, 0.4) is 0 Å². The van der Waals surface area contributed by atoms with Gasteiger partial charge in [-0.3, -0.25) is 8.98 Å². The summed E-state index contributed by atoms with van der Waals surface area (Å²) in [5.41, 5.74) is -1.26. The van der Waals surface area contributed by atoms with E-state index >= 15 is 0 Å². The fraction of sp³-hybridized carbons (Fsp3) is 0.526. The summed E-state index contributed by atoms with van der Waals surface area (Å²) in [7, 11) is -10.2. The van der Waals surface area contributed by atoms with Gasteiger partial charge in [-0.1, -0.05) is 240 Å². The van der Waals surface area contributed by atoms with Gasteiger partial charge in [-0.15, -0.1) is 0 Å². The maximum Gasteiger partial charge on any atom is 0.312 e. The van der Waals surface area contributed by atoms with Gasteiger partial charge in [0.25, 0.3) is 26.8 Å². The molecule has 1 heterocycles. The van der Waals surface area contributed by atoms with Gasteiger partial charge in [0.1, 0.15) is 0 Å². The molecule has 4 aromatic rings. The highest BCUT2D eigenvalue weighted by atomic mass is 32.2. The largest absolute Gasteiger partial charge is 0.454 e. The normalized spacial score (nSPS) is 16.4. The Bertz CT molecular complexity index is 2000. The van der Waals surface area contributed by atoms with Crippen LogP contribution in [0.2, 0.25) is 10.1 Å². The molecule has 2 unspecified atom stereocenters. The van der Waals surface area contributed by atoms with Gasteiger partial charge in [0.05, 0.1) is 31.5 Å². The summed E-state index contributed by atoms with van der Waals surface area (Å²) >= 11 is 0. The van der Waals surface area contributed by atoms with Crippen LogP contribution in [0.1, 0.15) is 145 Å². The fourth-order valence-corrected chi connectivity index (χ4v) is 20.2. The SMILES string of the molecule is CCCCCCCC/C=C\CCCCCCCC(OS(C)(=O)=O)C1CC(CO[Si](c2ccccc2)(c2ccccc2)C(C)(C)C)(CO[Si](c2ccccc2)(c2ccccc2)C(C)(C)C)OC1=O. The zero-order chi connectivity index (χ0) is 48.4. The van der Waals surface area contributed by atoms with Crippen LogP contribution >= 0.6 is 0 Å². The first-order chi connectivity index (χ1) is 32.0. The van der Waals surface area contributed by atoms with E-state index < -0.39 is 50.3 Å². The Hall–Kier alpha value is -3.65. The molecule has 5 rings (SSSR count). The summed E-state index contributed by atoms with van der Waals surface area (Å²) in [5, 5.41) is 3.76. The van der Waals surface area contributed by atoms with Gasteiger partial charge >= 0.3 is 5.97 Å². The van der Waals surface area contributed by atoms with Gasteiger partial charge in [-0.05, 0) is 62.9 Å². The molecule has 0 aliphatic carbocycles. The first-order valence-corrected chi connectivity index (χ1v) is 30.9. The van der Waals surface area contributed by atoms with Crippen molar-refractivity contribution in [3.8, 4) is 0 Å². The lowest BCUT2D eigenvalue weighted by Gasteiger charge is -2.47. The van der Waals surface area contributed by atoms with Crippen molar-refractivity contribution < 1.29 is 31.0 Å².